The molecule has 0 unspecified atom stereocenters. The van der Waals surface area contributed by atoms with E-state index in [1.165, 1.54) is 0 Å². The number of carbonyl (C=O) groups is 1. The maximum atomic E-state index is 11.1. The minimum atomic E-state index is -0.296. The number of thiol groups is 1. The molecular formula is C10H9ClO2S. The van der Waals surface area contributed by atoms with Crippen LogP contribution in [0.25, 0.3) is 0 Å². The van der Waals surface area contributed by atoms with Crippen LogP contribution in [0, 0.1) is 0 Å². The van der Waals surface area contributed by atoms with Crippen molar-refractivity contribution in [2.24, 2.45) is 0 Å². The lowest BCUT2D eigenvalue weighted by Crippen LogP contribution is -2.04. The summed E-state index contributed by atoms with van der Waals surface area (Å²) in [5.41, 5.74) is 0.972. The Morgan fingerprint density at radius 1 is 1.36 bits per heavy atom. The third kappa shape index (κ3) is 1.88. The summed E-state index contributed by atoms with van der Waals surface area (Å²) in [5, 5.41) is 0.385. The van der Waals surface area contributed by atoms with Crippen LogP contribution in [0.3, 0.4) is 0 Å². The van der Waals surface area contributed by atoms with E-state index in [0.717, 1.165) is 5.56 Å². The zero-order chi connectivity index (χ0) is 10.1. The standard InChI is InChI=1S/C10H9ClO2S/c11-7-3-1-6(2-4-7)8-5-9(14)10(12)13-8/h1-4,8-9,14H,5H2/t8-,9-/m0/s1. The zero-order valence-electron chi connectivity index (χ0n) is 7.31. The van der Waals surface area contributed by atoms with Gasteiger partial charge < -0.3 is 4.74 Å². The van der Waals surface area contributed by atoms with Crippen LogP contribution < -0.4 is 0 Å². The van der Waals surface area contributed by atoms with Crippen LogP contribution in [-0.2, 0) is 9.53 Å². The molecule has 1 aromatic carbocycles. The summed E-state index contributed by atoms with van der Waals surface area (Å²) in [6.45, 7) is 0. The summed E-state index contributed by atoms with van der Waals surface area (Å²) in [5.74, 6) is -0.242. The van der Waals surface area contributed by atoms with Crippen molar-refractivity contribution in [1.29, 1.82) is 0 Å². The van der Waals surface area contributed by atoms with E-state index in [1.807, 2.05) is 12.1 Å². The fourth-order valence-corrected chi connectivity index (χ4v) is 1.83. The number of halogens is 1. The van der Waals surface area contributed by atoms with Crippen molar-refractivity contribution in [2.75, 3.05) is 0 Å². The zero-order valence-corrected chi connectivity index (χ0v) is 8.96. The van der Waals surface area contributed by atoms with Crippen LogP contribution in [-0.4, -0.2) is 11.2 Å². The molecule has 1 aliphatic heterocycles. The Hall–Kier alpha value is -0.670. The van der Waals surface area contributed by atoms with E-state index in [-0.39, 0.29) is 17.3 Å². The van der Waals surface area contributed by atoms with Crippen LogP contribution in [0.2, 0.25) is 5.02 Å². The number of hydrogen-bond acceptors (Lipinski definition) is 3. The molecule has 0 saturated carbocycles. The van der Waals surface area contributed by atoms with Crippen molar-refractivity contribution < 1.29 is 9.53 Å². The van der Waals surface area contributed by atoms with Crippen molar-refractivity contribution in [3.8, 4) is 0 Å². The highest BCUT2D eigenvalue weighted by molar-refractivity contribution is 7.81. The highest BCUT2D eigenvalue weighted by Gasteiger charge is 2.32. The van der Waals surface area contributed by atoms with Gasteiger partial charge in [-0.05, 0) is 17.7 Å². The van der Waals surface area contributed by atoms with Crippen molar-refractivity contribution in [3.05, 3.63) is 34.9 Å². The quantitative estimate of drug-likeness (QED) is 0.591. The Labute approximate surface area is 92.6 Å². The summed E-state index contributed by atoms with van der Waals surface area (Å²) in [6.07, 6.45) is 0.464. The smallest absolute Gasteiger partial charge is 0.319 e. The molecule has 1 heterocycles. The molecule has 1 saturated heterocycles. The molecule has 0 aliphatic carbocycles. The van der Waals surface area contributed by atoms with Crippen molar-refractivity contribution >= 4 is 30.2 Å². The molecule has 0 aromatic heterocycles. The molecule has 0 N–H and O–H groups in total. The second kappa shape index (κ2) is 3.83. The van der Waals surface area contributed by atoms with Gasteiger partial charge in [0.25, 0.3) is 0 Å². The van der Waals surface area contributed by atoms with Gasteiger partial charge in [-0.3, -0.25) is 4.79 Å². The van der Waals surface area contributed by atoms with Crippen molar-refractivity contribution in [2.45, 2.75) is 17.8 Å². The third-order valence-electron chi connectivity index (χ3n) is 2.21. The number of ether oxygens (including phenoxy) is 1. The van der Waals surface area contributed by atoms with Gasteiger partial charge in [-0.2, -0.15) is 12.6 Å². The van der Waals surface area contributed by atoms with Gasteiger partial charge in [0.15, 0.2) is 0 Å². The summed E-state index contributed by atoms with van der Waals surface area (Å²) in [6, 6.07) is 7.31. The van der Waals surface area contributed by atoms with E-state index in [2.05, 4.69) is 12.6 Å². The predicted octanol–water partition coefficient (Wildman–Crippen LogP) is 2.63. The molecule has 14 heavy (non-hydrogen) atoms. The Balaban J connectivity index is 2.17. The van der Waals surface area contributed by atoms with Gasteiger partial charge in [0.2, 0.25) is 0 Å². The maximum absolute atomic E-state index is 11.1. The molecule has 0 amide bonds. The highest BCUT2D eigenvalue weighted by atomic mass is 35.5. The lowest BCUT2D eigenvalue weighted by Gasteiger charge is -2.08. The van der Waals surface area contributed by atoms with Gasteiger partial charge in [0, 0.05) is 11.4 Å². The van der Waals surface area contributed by atoms with Crippen molar-refractivity contribution in [1.82, 2.24) is 0 Å². The van der Waals surface area contributed by atoms with Gasteiger partial charge >= 0.3 is 5.97 Å². The molecule has 1 aliphatic rings. The first-order valence-corrected chi connectivity index (χ1v) is 5.20. The van der Waals surface area contributed by atoms with Crippen LogP contribution in [0.15, 0.2) is 24.3 Å². The van der Waals surface area contributed by atoms with Gasteiger partial charge in [-0.25, -0.2) is 0 Å². The molecule has 2 atom stereocenters. The first-order valence-electron chi connectivity index (χ1n) is 4.31. The average molecular weight is 229 g/mol. The van der Waals surface area contributed by atoms with Gasteiger partial charge in [0.05, 0.1) is 0 Å². The summed E-state index contributed by atoms with van der Waals surface area (Å²) in [4.78, 5) is 11.1. The Morgan fingerprint density at radius 2 is 2.00 bits per heavy atom. The first-order chi connectivity index (χ1) is 6.66. The van der Waals surface area contributed by atoms with Crippen LogP contribution in [0.1, 0.15) is 18.1 Å². The molecule has 1 aromatic rings. The Kier molecular flexibility index (Phi) is 2.70. The second-order valence-electron chi connectivity index (χ2n) is 3.23. The second-order valence-corrected chi connectivity index (χ2v) is 4.29. The van der Waals surface area contributed by atoms with Crippen LogP contribution in [0.5, 0.6) is 0 Å². The van der Waals surface area contributed by atoms with E-state index in [0.29, 0.717) is 11.4 Å². The summed E-state index contributed by atoms with van der Waals surface area (Å²) >= 11 is 9.87. The number of carbonyl (C=O) groups excluding carboxylic acids is 1. The lowest BCUT2D eigenvalue weighted by atomic mass is 10.1. The first kappa shape index (κ1) is 9.87. The molecule has 1 fully saturated rings. The molecule has 0 radical (unpaired) electrons. The SMILES string of the molecule is O=C1O[C@H](c2ccc(Cl)cc2)C[C@@H]1S. The minimum absolute atomic E-state index is 0.165. The van der Waals surface area contributed by atoms with Crippen LogP contribution >= 0.6 is 24.2 Å². The van der Waals surface area contributed by atoms with E-state index < -0.39 is 0 Å². The molecule has 2 nitrogen and oxygen atoms in total. The molecule has 74 valence electrons. The van der Waals surface area contributed by atoms with E-state index >= 15 is 0 Å². The average Bonchev–Trinajstić information content (AvgIpc) is 2.48. The topological polar surface area (TPSA) is 26.3 Å². The normalized spacial score (nSPS) is 26.3. The fourth-order valence-electron chi connectivity index (χ4n) is 1.45. The lowest BCUT2D eigenvalue weighted by molar-refractivity contribution is -0.141. The number of cyclic esters (lactones) is 1. The van der Waals surface area contributed by atoms with Crippen molar-refractivity contribution in [3.63, 3.8) is 0 Å². The fraction of sp³-hybridized carbons (Fsp3) is 0.300. The largest absolute Gasteiger partial charge is 0.457 e. The number of esters is 1. The minimum Gasteiger partial charge on any atom is -0.457 e. The third-order valence-corrected chi connectivity index (χ3v) is 2.88. The number of rotatable bonds is 1. The number of benzene rings is 1. The molecular weight excluding hydrogens is 220 g/mol. The van der Waals surface area contributed by atoms with E-state index in [9.17, 15) is 4.79 Å². The van der Waals surface area contributed by atoms with Gasteiger partial charge in [0.1, 0.15) is 11.4 Å². The maximum Gasteiger partial charge on any atom is 0.319 e. The molecule has 4 heteroatoms. The Bertz CT molecular complexity index is 350. The Morgan fingerprint density at radius 3 is 2.50 bits per heavy atom. The van der Waals surface area contributed by atoms with E-state index in [4.69, 9.17) is 16.3 Å². The van der Waals surface area contributed by atoms with Gasteiger partial charge in [-0.15, -0.1) is 0 Å². The monoisotopic (exact) mass is 228 g/mol. The number of hydrogen-bond donors (Lipinski definition) is 1. The summed E-state index contributed by atoms with van der Waals surface area (Å²) in [7, 11) is 0. The highest BCUT2D eigenvalue weighted by Crippen LogP contribution is 2.32. The van der Waals surface area contributed by atoms with Gasteiger partial charge in [-0.1, -0.05) is 23.7 Å². The predicted molar refractivity (Wildman–Crippen MR) is 57.7 cm³/mol. The summed E-state index contributed by atoms with van der Waals surface area (Å²) < 4.78 is 5.14. The molecule has 2 rings (SSSR count). The molecule has 0 spiro atoms. The van der Waals surface area contributed by atoms with E-state index in [1.54, 1.807) is 12.1 Å². The molecule has 0 bridgehead atoms. The van der Waals surface area contributed by atoms with Crippen LogP contribution in [0.4, 0.5) is 0 Å².